The Hall–Kier alpha value is -0.830. The van der Waals surface area contributed by atoms with E-state index in [-0.39, 0.29) is 5.78 Å². The van der Waals surface area contributed by atoms with Gasteiger partial charge >= 0.3 is 0 Å². The van der Waals surface area contributed by atoms with Crippen LogP contribution in [0, 0.1) is 0 Å². The summed E-state index contributed by atoms with van der Waals surface area (Å²) in [5.74, 6) is -0.234. The van der Waals surface area contributed by atoms with Crippen molar-refractivity contribution in [2.75, 3.05) is 6.61 Å². The lowest BCUT2D eigenvalue weighted by Gasteiger charge is -2.19. The average molecular weight is 170 g/mol. The summed E-state index contributed by atoms with van der Waals surface area (Å²) < 4.78 is 5.00. The van der Waals surface area contributed by atoms with Crippen LogP contribution in [-0.4, -0.2) is 23.1 Å². The van der Waals surface area contributed by atoms with Gasteiger partial charge in [-0.1, -0.05) is 0 Å². The molecule has 3 heteroatoms. The monoisotopic (exact) mass is 170 g/mol. The molecule has 1 heterocycles. The van der Waals surface area contributed by atoms with Crippen molar-refractivity contribution in [2.24, 2.45) is 0 Å². The second-order valence-corrected chi connectivity index (χ2v) is 3.51. The van der Waals surface area contributed by atoms with E-state index in [9.17, 15) is 9.90 Å². The van der Waals surface area contributed by atoms with Crippen LogP contribution in [0.5, 0.6) is 0 Å². The molecule has 0 atom stereocenters. The summed E-state index contributed by atoms with van der Waals surface area (Å²) in [6.45, 7) is 3.65. The first-order valence-electron chi connectivity index (χ1n) is 4.09. The maximum atomic E-state index is 11.4. The molecule has 1 aliphatic rings. The van der Waals surface area contributed by atoms with Gasteiger partial charge in [-0.2, -0.15) is 0 Å². The highest BCUT2D eigenvalue weighted by atomic mass is 16.5. The summed E-state index contributed by atoms with van der Waals surface area (Å²) in [5.41, 5.74) is -0.680. The van der Waals surface area contributed by atoms with Crippen LogP contribution in [0.25, 0.3) is 0 Å². The van der Waals surface area contributed by atoms with Crippen molar-refractivity contribution in [2.45, 2.75) is 32.3 Å². The van der Waals surface area contributed by atoms with E-state index < -0.39 is 5.60 Å². The van der Waals surface area contributed by atoms with Crippen LogP contribution in [-0.2, 0) is 9.53 Å². The molecule has 0 saturated heterocycles. The lowest BCUT2D eigenvalue weighted by Crippen LogP contribution is -2.33. The fourth-order valence-corrected chi connectivity index (χ4v) is 1.12. The molecule has 68 valence electrons. The van der Waals surface area contributed by atoms with Gasteiger partial charge in [0.25, 0.3) is 0 Å². The van der Waals surface area contributed by atoms with E-state index >= 15 is 0 Å². The summed E-state index contributed by atoms with van der Waals surface area (Å²) in [7, 11) is 0. The molecule has 0 aromatic heterocycles. The minimum atomic E-state index is -1.27. The van der Waals surface area contributed by atoms with Crippen LogP contribution in [0.2, 0.25) is 0 Å². The first-order valence-corrected chi connectivity index (χ1v) is 4.09. The highest BCUT2D eigenvalue weighted by Crippen LogP contribution is 2.18. The van der Waals surface area contributed by atoms with E-state index in [1.807, 2.05) is 0 Å². The van der Waals surface area contributed by atoms with Crippen LogP contribution in [0.1, 0.15) is 26.7 Å². The third-order valence-corrected chi connectivity index (χ3v) is 1.78. The van der Waals surface area contributed by atoms with Gasteiger partial charge in [0.2, 0.25) is 0 Å². The standard InChI is InChI=1S/C9H14O3/c1-9(2,11)8(10)7-4-3-5-12-6-7/h6,11H,3-5H2,1-2H3. The molecular formula is C9H14O3. The first-order chi connectivity index (χ1) is 5.52. The Morgan fingerprint density at radius 2 is 2.33 bits per heavy atom. The number of ether oxygens (including phenoxy) is 1. The van der Waals surface area contributed by atoms with Gasteiger partial charge in [0.05, 0.1) is 12.9 Å². The van der Waals surface area contributed by atoms with Crippen molar-refractivity contribution >= 4 is 5.78 Å². The molecule has 3 nitrogen and oxygen atoms in total. The molecular weight excluding hydrogens is 156 g/mol. The minimum Gasteiger partial charge on any atom is -0.501 e. The van der Waals surface area contributed by atoms with Crippen molar-refractivity contribution in [3.05, 3.63) is 11.8 Å². The van der Waals surface area contributed by atoms with Crippen LogP contribution >= 0.6 is 0 Å². The SMILES string of the molecule is CC(C)(O)C(=O)C1=COCCC1. The third-order valence-electron chi connectivity index (χ3n) is 1.78. The molecule has 12 heavy (non-hydrogen) atoms. The summed E-state index contributed by atoms with van der Waals surface area (Å²) in [6.07, 6.45) is 3.03. The van der Waals surface area contributed by atoms with Gasteiger partial charge in [0, 0.05) is 5.57 Å². The number of Topliss-reactive ketones (excluding diaryl/α,β-unsaturated/α-hetero) is 1. The summed E-state index contributed by atoms with van der Waals surface area (Å²) in [4.78, 5) is 11.4. The zero-order chi connectivity index (χ0) is 9.19. The number of rotatable bonds is 2. The molecule has 1 N–H and O–H groups in total. The predicted octanol–water partition coefficient (Wildman–Crippen LogP) is 1.02. The van der Waals surface area contributed by atoms with Gasteiger partial charge in [-0.3, -0.25) is 4.79 Å². The Morgan fingerprint density at radius 3 is 2.75 bits per heavy atom. The van der Waals surface area contributed by atoms with Gasteiger partial charge in [-0.05, 0) is 26.7 Å². The van der Waals surface area contributed by atoms with Crippen molar-refractivity contribution < 1.29 is 14.6 Å². The molecule has 1 rings (SSSR count). The molecule has 0 spiro atoms. The predicted molar refractivity (Wildman–Crippen MR) is 44.6 cm³/mol. The van der Waals surface area contributed by atoms with Crippen LogP contribution in [0.3, 0.4) is 0 Å². The number of carbonyl (C=O) groups is 1. The molecule has 0 aliphatic carbocycles. The van der Waals surface area contributed by atoms with E-state index in [0.29, 0.717) is 18.6 Å². The van der Waals surface area contributed by atoms with E-state index in [4.69, 9.17) is 4.74 Å². The van der Waals surface area contributed by atoms with E-state index in [0.717, 1.165) is 6.42 Å². The van der Waals surface area contributed by atoms with Crippen molar-refractivity contribution in [1.29, 1.82) is 0 Å². The lowest BCUT2D eigenvalue weighted by atomic mass is 9.94. The molecule has 1 aliphatic heterocycles. The maximum absolute atomic E-state index is 11.4. The number of hydrogen-bond acceptors (Lipinski definition) is 3. The molecule has 0 amide bonds. The van der Waals surface area contributed by atoms with Crippen LogP contribution in [0.15, 0.2) is 11.8 Å². The fourth-order valence-electron chi connectivity index (χ4n) is 1.12. The summed E-state index contributed by atoms with van der Waals surface area (Å²) in [5, 5.41) is 9.39. The second-order valence-electron chi connectivity index (χ2n) is 3.51. The highest BCUT2D eigenvalue weighted by molar-refractivity contribution is 6.00. The molecule has 0 aromatic rings. The van der Waals surface area contributed by atoms with Crippen LogP contribution < -0.4 is 0 Å². The van der Waals surface area contributed by atoms with Crippen LogP contribution in [0.4, 0.5) is 0 Å². The smallest absolute Gasteiger partial charge is 0.192 e. The molecule has 0 fully saturated rings. The Bertz CT molecular complexity index is 210. The van der Waals surface area contributed by atoms with Crippen molar-refractivity contribution in [3.8, 4) is 0 Å². The summed E-state index contributed by atoms with van der Waals surface area (Å²) in [6, 6.07) is 0. The largest absolute Gasteiger partial charge is 0.501 e. The molecule has 0 unspecified atom stereocenters. The van der Waals surface area contributed by atoms with E-state index in [1.54, 1.807) is 0 Å². The van der Waals surface area contributed by atoms with Gasteiger partial charge in [0.15, 0.2) is 5.78 Å². The normalized spacial score (nSPS) is 18.1. The Morgan fingerprint density at radius 1 is 1.67 bits per heavy atom. The highest BCUT2D eigenvalue weighted by Gasteiger charge is 2.27. The number of ketones is 1. The zero-order valence-corrected chi connectivity index (χ0v) is 7.46. The zero-order valence-electron chi connectivity index (χ0n) is 7.46. The summed E-state index contributed by atoms with van der Waals surface area (Å²) >= 11 is 0. The quantitative estimate of drug-likeness (QED) is 0.673. The fraction of sp³-hybridized carbons (Fsp3) is 0.667. The molecule has 0 bridgehead atoms. The maximum Gasteiger partial charge on any atom is 0.192 e. The molecule has 0 radical (unpaired) electrons. The van der Waals surface area contributed by atoms with E-state index in [1.165, 1.54) is 20.1 Å². The van der Waals surface area contributed by atoms with Gasteiger partial charge < -0.3 is 9.84 Å². The van der Waals surface area contributed by atoms with Gasteiger partial charge in [-0.15, -0.1) is 0 Å². The number of carbonyl (C=O) groups excluding carboxylic acids is 1. The minimum absolute atomic E-state index is 0.234. The third kappa shape index (κ3) is 2.08. The average Bonchev–Trinajstić information content (AvgIpc) is 2.03. The topological polar surface area (TPSA) is 46.5 Å². The Kier molecular flexibility index (Phi) is 2.52. The number of hydrogen-bond donors (Lipinski definition) is 1. The van der Waals surface area contributed by atoms with Gasteiger partial charge in [0.1, 0.15) is 5.60 Å². The first kappa shape index (κ1) is 9.26. The Balaban J connectivity index is 2.70. The van der Waals surface area contributed by atoms with Crippen molar-refractivity contribution in [1.82, 2.24) is 0 Å². The number of aliphatic hydroxyl groups is 1. The molecule has 0 aromatic carbocycles. The lowest BCUT2D eigenvalue weighted by molar-refractivity contribution is -0.130. The Labute approximate surface area is 72.0 Å². The second kappa shape index (κ2) is 3.27. The van der Waals surface area contributed by atoms with E-state index in [2.05, 4.69) is 0 Å². The van der Waals surface area contributed by atoms with Gasteiger partial charge in [-0.25, -0.2) is 0 Å². The van der Waals surface area contributed by atoms with Crippen molar-refractivity contribution in [3.63, 3.8) is 0 Å². The molecule has 0 saturated carbocycles.